The van der Waals surface area contributed by atoms with E-state index in [0.717, 1.165) is 17.7 Å². The lowest BCUT2D eigenvalue weighted by Gasteiger charge is -2.14. The Morgan fingerprint density at radius 3 is 2.12 bits per heavy atom. The summed E-state index contributed by atoms with van der Waals surface area (Å²) in [4.78, 5) is 23.4. The summed E-state index contributed by atoms with van der Waals surface area (Å²) in [6.45, 7) is 0. The molecule has 0 unspecified atom stereocenters. The third-order valence-corrected chi connectivity index (χ3v) is 4.79. The quantitative estimate of drug-likeness (QED) is 0.641. The van der Waals surface area contributed by atoms with E-state index in [4.69, 9.17) is 0 Å². The van der Waals surface area contributed by atoms with Crippen LogP contribution in [0, 0.1) is 0 Å². The third-order valence-electron chi connectivity index (χ3n) is 3.77. The summed E-state index contributed by atoms with van der Waals surface area (Å²) >= 11 is 1.71. The van der Waals surface area contributed by atoms with Crippen molar-refractivity contribution in [2.24, 2.45) is 0 Å². The van der Waals surface area contributed by atoms with Gasteiger partial charge in [-0.1, -0.05) is 60.7 Å². The Morgan fingerprint density at radius 2 is 1.52 bits per heavy atom. The Labute approximate surface area is 152 Å². The van der Waals surface area contributed by atoms with Crippen molar-refractivity contribution in [2.45, 2.75) is 25.3 Å². The number of rotatable bonds is 10. The molecular weight excluding hydrogens is 334 g/mol. The highest BCUT2D eigenvalue weighted by Gasteiger charge is 2.19. The van der Waals surface area contributed by atoms with Crippen LogP contribution in [0.4, 0.5) is 0 Å². The van der Waals surface area contributed by atoms with Gasteiger partial charge in [0.05, 0.1) is 6.42 Å². The Hall–Kier alpha value is -2.27. The molecule has 2 rings (SSSR count). The van der Waals surface area contributed by atoms with E-state index < -0.39 is 12.0 Å². The second-order valence-electron chi connectivity index (χ2n) is 5.76. The van der Waals surface area contributed by atoms with E-state index in [1.54, 1.807) is 11.8 Å². The molecule has 4 nitrogen and oxygen atoms in total. The van der Waals surface area contributed by atoms with Gasteiger partial charge in [-0.05, 0) is 35.5 Å². The second-order valence-corrected chi connectivity index (χ2v) is 6.98. The van der Waals surface area contributed by atoms with Crippen molar-refractivity contribution < 1.29 is 14.7 Å². The van der Waals surface area contributed by atoms with Gasteiger partial charge >= 0.3 is 5.97 Å². The van der Waals surface area contributed by atoms with Crippen molar-refractivity contribution in [3.05, 3.63) is 71.8 Å². The molecule has 132 valence electrons. The maximum absolute atomic E-state index is 12.0. The summed E-state index contributed by atoms with van der Waals surface area (Å²) < 4.78 is 0. The maximum atomic E-state index is 12.0. The van der Waals surface area contributed by atoms with Crippen molar-refractivity contribution >= 4 is 23.6 Å². The molecule has 0 aliphatic carbocycles. The zero-order chi connectivity index (χ0) is 17.9. The van der Waals surface area contributed by atoms with Gasteiger partial charge in [-0.3, -0.25) is 4.79 Å². The largest absolute Gasteiger partial charge is 0.480 e. The predicted octanol–water partition coefficient (Wildman–Crippen LogP) is 3.16. The fourth-order valence-electron chi connectivity index (χ4n) is 2.42. The SMILES string of the molecule is O=C(Cc1ccccc1)N[C@@H](CCSCCc1ccccc1)C(=O)O. The van der Waals surface area contributed by atoms with Crippen molar-refractivity contribution in [1.82, 2.24) is 5.32 Å². The summed E-state index contributed by atoms with van der Waals surface area (Å²) in [6.07, 6.45) is 1.59. The topological polar surface area (TPSA) is 66.4 Å². The number of benzene rings is 2. The molecule has 0 aliphatic heterocycles. The highest BCUT2D eigenvalue weighted by atomic mass is 32.2. The summed E-state index contributed by atoms with van der Waals surface area (Å²) in [5.74, 6) is 0.405. The molecule has 2 aromatic carbocycles. The van der Waals surface area contributed by atoms with Crippen LogP contribution in [0.15, 0.2) is 60.7 Å². The minimum atomic E-state index is -0.981. The molecule has 0 radical (unpaired) electrons. The van der Waals surface area contributed by atoms with Gasteiger partial charge in [-0.15, -0.1) is 0 Å². The number of carboxylic acid groups (broad SMARTS) is 1. The number of hydrogen-bond donors (Lipinski definition) is 2. The average molecular weight is 357 g/mol. The Kier molecular flexibility index (Phi) is 8.05. The van der Waals surface area contributed by atoms with Crippen molar-refractivity contribution in [3.8, 4) is 0 Å². The fraction of sp³-hybridized carbons (Fsp3) is 0.300. The van der Waals surface area contributed by atoms with Crippen LogP contribution in [0.1, 0.15) is 17.5 Å². The molecule has 0 saturated heterocycles. The number of hydrogen-bond acceptors (Lipinski definition) is 3. The summed E-state index contributed by atoms with van der Waals surface area (Å²) in [6, 6.07) is 18.7. The molecule has 25 heavy (non-hydrogen) atoms. The lowest BCUT2D eigenvalue weighted by Crippen LogP contribution is -2.41. The summed E-state index contributed by atoms with van der Waals surface area (Å²) in [5.41, 5.74) is 2.15. The van der Waals surface area contributed by atoms with E-state index in [9.17, 15) is 14.7 Å². The molecule has 0 saturated carbocycles. The molecule has 0 spiro atoms. The highest BCUT2D eigenvalue weighted by molar-refractivity contribution is 7.99. The average Bonchev–Trinajstić information content (AvgIpc) is 2.62. The van der Waals surface area contributed by atoms with Crippen molar-refractivity contribution in [1.29, 1.82) is 0 Å². The van der Waals surface area contributed by atoms with E-state index in [1.165, 1.54) is 5.56 Å². The van der Waals surface area contributed by atoms with Crippen LogP contribution in [0.2, 0.25) is 0 Å². The minimum Gasteiger partial charge on any atom is -0.480 e. The van der Waals surface area contributed by atoms with Crippen LogP contribution in [0.25, 0.3) is 0 Å². The van der Waals surface area contributed by atoms with Gasteiger partial charge < -0.3 is 10.4 Å². The molecule has 2 N–H and O–H groups in total. The molecular formula is C20H23NO3S. The lowest BCUT2D eigenvalue weighted by molar-refractivity contribution is -0.141. The molecule has 0 bridgehead atoms. The van der Waals surface area contributed by atoms with Gasteiger partial charge in [-0.25, -0.2) is 4.79 Å². The van der Waals surface area contributed by atoms with E-state index in [-0.39, 0.29) is 12.3 Å². The fourth-order valence-corrected chi connectivity index (χ4v) is 3.41. The first-order valence-electron chi connectivity index (χ1n) is 8.33. The molecule has 2 aromatic rings. The van der Waals surface area contributed by atoms with Crippen molar-refractivity contribution in [3.63, 3.8) is 0 Å². The number of carboxylic acids is 1. The number of nitrogens with one attached hydrogen (secondary N) is 1. The number of amides is 1. The number of aryl methyl sites for hydroxylation is 1. The van der Waals surface area contributed by atoms with Crippen LogP contribution in [0.3, 0.4) is 0 Å². The number of aliphatic carboxylic acids is 1. The molecule has 0 heterocycles. The lowest BCUT2D eigenvalue weighted by atomic mass is 10.1. The first-order chi connectivity index (χ1) is 12.1. The number of thioether (sulfide) groups is 1. The van der Waals surface area contributed by atoms with Gasteiger partial charge in [0.1, 0.15) is 6.04 Å². The molecule has 0 aromatic heterocycles. The minimum absolute atomic E-state index is 0.200. The summed E-state index contributed by atoms with van der Waals surface area (Å²) in [7, 11) is 0. The van der Waals surface area contributed by atoms with E-state index >= 15 is 0 Å². The Morgan fingerprint density at radius 1 is 0.920 bits per heavy atom. The maximum Gasteiger partial charge on any atom is 0.326 e. The van der Waals surface area contributed by atoms with Gasteiger partial charge in [0.2, 0.25) is 5.91 Å². The number of carbonyl (C=O) groups is 2. The molecule has 1 amide bonds. The van der Waals surface area contributed by atoms with E-state index in [0.29, 0.717) is 12.2 Å². The van der Waals surface area contributed by atoms with Gasteiger partial charge in [0, 0.05) is 0 Å². The zero-order valence-corrected chi connectivity index (χ0v) is 14.9. The summed E-state index contributed by atoms with van der Waals surface area (Å²) in [5, 5.41) is 11.9. The van der Waals surface area contributed by atoms with Crippen molar-refractivity contribution in [2.75, 3.05) is 11.5 Å². The third kappa shape index (κ3) is 7.44. The van der Waals surface area contributed by atoms with Gasteiger partial charge in [-0.2, -0.15) is 11.8 Å². The van der Waals surface area contributed by atoms with E-state index in [2.05, 4.69) is 17.4 Å². The van der Waals surface area contributed by atoms with E-state index in [1.807, 2.05) is 48.5 Å². The molecule has 0 aliphatic rings. The second kappa shape index (κ2) is 10.6. The zero-order valence-electron chi connectivity index (χ0n) is 14.1. The van der Waals surface area contributed by atoms with Gasteiger partial charge in [0.15, 0.2) is 0 Å². The van der Waals surface area contributed by atoms with Crippen LogP contribution in [-0.4, -0.2) is 34.5 Å². The van der Waals surface area contributed by atoms with Gasteiger partial charge in [0.25, 0.3) is 0 Å². The first-order valence-corrected chi connectivity index (χ1v) is 9.48. The Balaban J connectivity index is 1.69. The van der Waals surface area contributed by atoms with Crippen LogP contribution in [-0.2, 0) is 22.4 Å². The standard InChI is InChI=1S/C20H23NO3S/c22-19(15-17-9-5-2-6-10-17)21-18(20(23)24)12-14-25-13-11-16-7-3-1-4-8-16/h1-10,18H,11-15H2,(H,21,22)(H,23,24)/t18-/m0/s1. The van der Waals surface area contributed by atoms with Crippen LogP contribution >= 0.6 is 11.8 Å². The van der Waals surface area contributed by atoms with Crippen LogP contribution in [0.5, 0.6) is 0 Å². The van der Waals surface area contributed by atoms with Crippen LogP contribution < -0.4 is 5.32 Å². The Bertz CT molecular complexity index is 661. The predicted molar refractivity (Wildman–Crippen MR) is 102 cm³/mol. The first kappa shape index (κ1) is 19.1. The normalized spacial score (nSPS) is 11.7. The molecule has 0 fully saturated rings. The molecule has 5 heteroatoms. The smallest absolute Gasteiger partial charge is 0.326 e. The molecule has 1 atom stereocenters. The monoisotopic (exact) mass is 357 g/mol. The number of carbonyl (C=O) groups excluding carboxylic acids is 1. The highest BCUT2D eigenvalue weighted by Crippen LogP contribution is 2.10.